The van der Waals surface area contributed by atoms with Crippen molar-refractivity contribution in [2.24, 2.45) is 5.73 Å². The summed E-state index contributed by atoms with van der Waals surface area (Å²) in [5.41, 5.74) is 6.18. The summed E-state index contributed by atoms with van der Waals surface area (Å²) in [7, 11) is 0. The first-order chi connectivity index (χ1) is 9.70. The van der Waals surface area contributed by atoms with Gasteiger partial charge in [-0.1, -0.05) is 12.1 Å². The second-order valence-electron chi connectivity index (χ2n) is 4.02. The summed E-state index contributed by atoms with van der Waals surface area (Å²) in [5.74, 6) is -0.430. The van der Waals surface area contributed by atoms with E-state index in [1.807, 2.05) is 6.07 Å². The number of nitrogens with two attached hydrogens (primary N) is 1. The van der Waals surface area contributed by atoms with Gasteiger partial charge in [0.15, 0.2) is 0 Å². The largest absolute Gasteiger partial charge is 0.364 e. The standard InChI is InChI=1S/C13H8N6O/c14-6-8-2-1-3-9-10(8)17-13(18-11(9)12(15)20)19-5-4-16-7-19/h1-5,7H,(H2,15,20). The molecule has 3 aromatic rings. The molecular weight excluding hydrogens is 256 g/mol. The molecule has 0 aliphatic heterocycles. The molecule has 2 heterocycles. The lowest BCUT2D eigenvalue weighted by Gasteiger charge is -2.07. The summed E-state index contributed by atoms with van der Waals surface area (Å²) in [6.07, 6.45) is 4.70. The normalized spacial score (nSPS) is 10.3. The summed E-state index contributed by atoms with van der Waals surface area (Å²) in [6.45, 7) is 0. The predicted molar refractivity (Wildman–Crippen MR) is 69.9 cm³/mol. The molecule has 0 saturated heterocycles. The Labute approximate surface area is 113 Å². The van der Waals surface area contributed by atoms with Crippen LogP contribution in [0.1, 0.15) is 16.1 Å². The fraction of sp³-hybridized carbons (Fsp3) is 0. The topological polar surface area (TPSA) is 110 Å². The number of rotatable bonds is 2. The molecule has 1 aromatic carbocycles. The van der Waals surface area contributed by atoms with Crippen molar-refractivity contribution in [2.45, 2.75) is 0 Å². The van der Waals surface area contributed by atoms with Gasteiger partial charge in [0.1, 0.15) is 18.1 Å². The zero-order valence-electron chi connectivity index (χ0n) is 10.2. The molecule has 7 heteroatoms. The quantitative estimate of drug-likeness (QED) is 0.735. The number of hydrogen-bond donors (Lipinski definition) is 1. The SMILES string of the molecule is N#Cc1cccc2c(C(N)=O)nc(-n3ccnc3)nc12. The number of aromatic nitrogens is 4. The van der Waals surface area contributed by atoms with E-state index in [0.717, 1.165) is 0 Å². The Bertz CT molecular complexity index is 847. The zero-order chi connectivity index (χ0) is 14.1. The highest BCUT2D eigenvalue weighted by Crippen LogP contribution is 2.20. The molecule has 0 bridgehead atoms. The highest BCUT2D eigenvalue weighted by atomic mass is 16.1. The molecule has 0 radical (unpaired) electrons. The zero-order valence-corrected chi connectivity index (χ0v) is 10.2. The van der Waals surface area contributed by atoms with Gasteiger partial charge in [0.05, 0.1) is 11.1 Å². The van der Waals surface area contributed by atoms with Crippen molar-refractivity contribution < 1.29 is 4.79 Å². The van der Waals surface area contributed by atoms with Gasteiger partial charge in [-0.25, -0.2) is 15.0 Å². The third-order valence-corrected chi connectivity index (χ3v) is 2.80. The van der Waals surface area contributed by atoms with Crippen molar-refractivity contribution >= 4 is 16.8 Å². The van der Waals surface area contributed by atoms with Crippen molar-refractivity contribution in [3.8, 4) is 12.0 Å². The summed E-state index contributed by atoms with van der Waals surface area (Å²) >= 11 is 0. The minimum Gasteiger partial charge on any atom is -0.364 e. The maximum atomic E-state index is 11.6. The van der Waals surface area contributed by atoms with Crippen molar-refractivity contribution in [1.82, 2.24) is 19.5 Å². The molecule has 7 nitrogen and oxygen atoms in total. The lowest BCUT2D eigenvalue weighted by molar-refractivity contribution is 0.0997. The van der Waals surface area contributed by atoms with Crippen molar-refractivity contribution in [3.05, 3.63) is 48.2 Å². The molecule has 96 valence electrons. The van der Waals surface area contributed by atoms with E-state index in [1.54, 1.807) is 35.2 Å². The van der Waals surface area contributed by atoms with E-state index in [0.29, 0.717) is 16.5 Å². The van der Waals surface area contributed by atoms with E-state index in [9.17, 15) is 4.79 Å². The lowest BCUT2D eigenvalue weighted by atomic mass is 10.1. The van der Waals surface area contributed by atoms with Gasteiger partial charge in [0, 0.05) is 17.8 Å². The van der Waals surface area contributed by atoms with E-state index in [4.69, 9.17) is 11.0 Å². The highest BCUT2D eigenvalue weighted by molar-refractivity contribution is 6.04. The molecule has 1 amide bonds. The van der Waals surface area contributed by atoms with Crippen LogP contribution in [0.25, 0.3) is 16.9 Å². The van der Waals surface area contributed by atoms with Gasteiger partial charge in [0.2, 0.25) is 5.95 Å². The first-order valence-electron chi connectivity index (χ1n) is 5.69. The third-order valence-electron chi connectivity index (χ3n) is 2.80. The van der Waals surface area contributed by atoms with E-state index >= 15 is 0 Å². The molecular formula is C13H8N6O. The molecule has 0 atom stereocenters. The van der Waals surface area contributed by atoms with Crippen LogP contribution in [0.4, 0.5) is 0 Å². The number of para-hydroxylation sites is 1. The number of fused-ring (bicyclic) bond motifs is 1. The number of imidazole rings is 1. The number of nitrogens with zero attached hydrogens (tertiary/aromatic N) is 5. The summed E-state index contributed by atoms with van der Waals surface area (Å²) in [4.78, 5) is 23.9. The highest BCUT2D eigenvalue weighted by Gasteiger charge is 2.15. The van der Waals surface area contributed by atoms with Gasteiger partial charge in [-0.05, 0) is 6.07 Å². The number of benzene rings is 1. The number of amides is 1. The van der Waals surface area contributed by atoms with Gasteiger partial charge in [-0.3, -0.25) is 9.36 Å². The molecule has 0 unspecified atom stereocenters. The summed E-state index contributed by atoms with van der Waals surface area (Å²) < 4.78 is 1.54. The second kappa shape index (κ2) is 4.44. The Kier molecular flexibility index (Phi) is 2.62. The van der Waals surface area contributed by atoms with Gasteiger partial charge in [-0.2, -0.15) is 5.26 Å². The Morgan fingerprint density at radius 2 is 2.20 bits per heavy atom. The fourth-order valence-corrected chi connectivity index (χ4v) is 1.91. The van der Waals surface area contributed by atoms with Crippen LogP contribution < -0.4 is 5.73 Å². The van der Waals surface area contributed by atoms with Crippen LogP contribution in [0, 0.1) is 11.3 Å². The van der Waals surface area contributed by atoms with E-state index < -0.39 is 5.91 Å². The van der Waals surface area contributed by atoms with Crippen LogP contribution in [-0.4, -0.2) is 25.4 Å². The number of carbonyl (C=O) groups excluding carboxylic acids is 1. The molecule has 0 spiro atoms. The van der Waals surface area contributed by atoms with Gasteiger partial charge in [0.25, 0.3) is 5.91 Å². The summed E-state index contributed by atoms with van der Waals surface area (Å²) in [6, 6.07) is 6.99. The minimum atomic E-state index is -0.672. The third kappa shape index (κ3) is 1.76. The van der Waals surface area contributed by atoms with Crippen LogP contribution in [-0.2, 0) is 0 Å². The van der Waals surface area contributed by atoms with Crippen molar-refractivity contribution in [2.75, 3.05) is 0 Å². The molecule has 2 aromatic heterocycles. The number of carbonyl (C=O) groups is 1. The minimum absolute atomic E-state index is 0.0794. The van der Waals surface area contributed by atoms with Gasteiger partial charge in [-0.15, -0.1) is 0 Å². The Hall–Kier alpha value is -3.27. The Morgan fingerprint density at radius 3 is 2.85 bits per heavy atom. The Morgan fingerprint density at radius 1 is 1.35 bits per heavy atom. The summed E-state index contributed by atoms with van der Waals surface area (Å²) in [5, 5.41) is 9.60. The first kappa shape index (κ1) is 11.8. The van der Waals surface area contributed by atoms with Crippen molar-refractivity contribution in [3.63, 3.8) is 0 Å². The van der Waals surface area contributed by atoms with E-state index in [1.165, 1.54) is 6.33 Å². The molecule has 0 saturated carbocycles. The fourth-order valence-electron chi connectivity index (χ4n) is 1.91. The van der Waals surface area contributed by atoms with Crippen LogP contribution in [0.5, 0.6) is 0 Å². The van der Waals surface area contributed by atoms with Crippen LogP contribution in [0.2, 0.25) is 0 Å². The molecule has 0 aliphatic carbocycles. The van der Waals surface area contributed by atoms with E-state index in [-0.39, 0.29) is 11.6 Å². The second-order valence-corrected chi connectivity index (χ2v) is 4.02. The van der Waals surface area contributed by atoms with Crippen LogP contribution >= 0.6 is 0 Å². The molecule has 0 aliphatic rings. The molecule has 3 rings (SSSR count). The van der Waals surface area contributed by atoms with Gasteiger partial charge >= 0.3 is 0 Å². The number of hydrogen-bond acceptors (Lipinski definition) is 5. The average Bonchev–Trinajstić information content (AvgIpc) is 2.99. The number of nitriles is 1. The van der Waals surface area contributed by atoms with Crippen molar-refractivity contribution in [1.29, 1.82) is 5.26 Å². The van der Waals surface area contributed by atoms with Crippen LogP contribution in [0.15, 0.2) is 36.9 Å². The maximum Gasteiger partial charge on any atom is 0.268 e. The lowest BCUT2D eigenvalue weighted by Crippen LogP contribution is -2.16. The monoisotopic (exact) mass is 264 g/mol. The average molecular weight is 264 g/mol. The first-order valence-corrected chi connectivity index (χ1v) is 5.69. The molecule has 0 fully saturated rings. The number of primary amides is 1. The Balaban J connectivity index is 2.41. The van der Waals surface area contributed by atoms with E-state index in [2.05, 4.69) is 15.0 Å². The molecule has 20 heavy (non-hydrogen) atoms. The van der Waals surface area contributed by atoms with Crippen LogP contribution in [0.3, 0.4) is 0 Å². The van der Waals surface area contributed by atoms with Gasteiger partial charge < -0.3 is 5.73 Å². The predicted octanol–water partition coefficient (Wildman–Crippen LogP) is 0.786. The smallest absolute Gasteiger partial charge is 0.268 e. The molecule has 2 N–H and O–H groups in total. The maximum absolute atomic E-state index is 11.6.